The summed E-state index contributed by atoms with van der Waals surface area (Å²) in [5, 5.41) is 3.00. The van der Waals surface area contributed by atoms with E-state index < -0.39 is 0 Å². The van der Waals surface area contributed by atoms with E-state index in [0.29, 0.717) is 39.0 Å². The Morgan fingerprint density at radius 3 is 2.85 bits per heavy atom. The maximum absolute atomic E-state index is 12.2. The molecular formula is C14H24N2O4. The zero-order valence-electron chi connectivity index (χ0n) is 12.3. The van der Waals surface area contributed by atoms with E-state index in [0.717, 1.165) is 12.8 Å². The zero-order chi connectivity index (χ0) is 14.5. The number of hydrogen-bond donors (Lipinski definition) is 1. The maximum Gasteiger partial charge on any atom is 0.309 e. The quantitative estimate of drug-likeness (QED) is 0.704. The topological polar surface area (TPSA) is 67.9 Å². The molecule has 2 atom stereocenters. The van der Waals surface area contributed by atoms with Crippen molar-refractivity contribution in [3.63, 3.8) is 0 Å². The van der Waals surface area contributed by atoms with E-state index in [-0.39, 0.29) is 23.8 Å². The lowest BCUT2D eigenvalue weighted by molar-refractivity contribution is -0.150. The van der Waals surface area contributed by atoms with Crippen LogP contribution in [0.15, 0.2) is 0 Å². The van der Waals surface area contributed by atoms with Crippen LogP contribution in [-0.4, -0.2) is 61.8 Å². The molecule has 1 aliphatic heterocycles. The van der Waals surface area contributed by atoms with Crippen LogP contribution in [0.4, 0.5) is 0 Å². The second kappa shape index (κ2) is 7.04. The molecule has 2 fully saturated rings. The fraction of sp³-hybridized carbons (Fsp3) is 0.857. The molecule has 0 spiro atoms. The molecule has 0 aromatic carbocycles. The fourth-order valence-electron chi connectivity index (χ4n) is 2.33. The number of nitrogens with one attached hydrogen (secondary N) is 1. The Balaban J connectivity index is 1.88. The van der Waals surface area contributed by atoms with Crippen molar-refractivity contribution >= 4 is 11.9 Å². The van der Waals surface area contributed by atoms with E-state index >= 15 is 0 Å². The third kappa shape index (κ3) is 4.18. The predicted molar refractivity (Wildman–Crippen MR) is 73.1 cm³/mol. The number of nitrogens with zero attached hydrogens (tertiary/aromatic N) is 1. The smallest absolute Gasteiger partial charge is 0.309 e. The van der Waals surface area contributed by atoms with Gasteiger partial charge in [0.25, 0.3) is 0 Å². The molecule has 2 aliphatic rings. The van der Waals surface area contributed by atoms with Gasteiger partial charge in [0.15, 0.2) is 0 Å². The first-order chi connectivity index (χ1) is 9.61. The third-order valence-electron chi connectivity index (χ3n) is 3.66. The molecule has 114 valence electrons. The lowest BCUT2D eigenvalue weighted by Gasteiger charge is -2.35. The summed E-state index contributed by atoms with van der Waals surface area (Å²) < 4.78 is 10.4. The SMILES string of the molecule is CCOC(=O)C(C)CN1CCOCC1C(=O)NC1CC1. The average molecular weight is 284 g/mol. The predicted octanol–water partition coefficient (Wildman–Crippen LogP) is 0.165. The summed E-state index contributed by atoms with van der Waals surface area (Å²) in [6.07, 6.45) is 2.14. The highest BCUT2D eigenvalue weighted by atomic mass is 16.5. The van der Waals surface area contributed by atoms with Crippen molar-refractivity contribution in [2.45, 2.75) is 38.8 Å². The van der Waals surface area contributed by atoms with Gasteiger partial charge in [-0.1, -0.05) is 6.92 Å². The van der Waals surface area contributed by atoms with E-state index in [1.807, 2.05) is 11.8 Å². The van der Waals surface area contributed by atoms with Crippen LogP contribution in [0.25, 0.3) is 0 Å². The molecular weight excluding hydrogens is 260 g/mol. The minimum atomic E-state index is -0.291. The van der Waals surface area contributed by atoms with E-state index in [1.165, 1.54) is 0 Å². The normalized spacial score (nSPS) is 25.0. The van der Waals surface area contributed by atoms with Crippen molar-refractivity contribution in [2.75, 3.05) is 32.9 Å². The van der Waals surface area contributed by atoms with Gasteiger partial charge < -0.3 is 14.8 Å². The molecule has 0 aromatic rings. The van der Waals surface area contributed by atoms with E-state index in [2.05, 4.69) is 5.32 Å². The number of rotatable bonds is 6. The molecule has 1 saturated heterocycles. The van der Waals surface area contributed by atoms with Crippen LogP contribution in [0.5, 0.6) is 0 Å². The summed E-state index contributed by atoms with van der Waals surface area (Å²) in [6.45, 7) is 6.22. The Morgan fingerprint density at radius 1 is 1.45 bits per heavy atom. The van der Waals surface area contributed by atoms with E-state index in [9.17, 15) is 9.59 Å². The summed E-state index contributed by atoms with van der Waals surface area (Å²) in [5.41, 5.74) is 0. The van der Waals surface area contributed by atoms with Gasteiger partial charge in [0.05, 0.1) is 25.7 Å². The Hall–Kier alpha value is -1.14. The molecule has 0 bridgehead atoms. The number of amides is 1. The first-order valence-corrected chi connectivity index (χ1v) is 7.40. The van der Waals surface area contributed by atoms with Gasteiger partial charge in [-0.25, -0.2) is 0 Å². The van der Waals surface area contributed by atoms with Crippen molar-refractivity contribution in [1.29, 1.82) is 0 Å². The van der Waals surface area contributed by atoms with Gasteiger partial charge in [-0.2, -0.15) is 0 Å². The van der Waals surface area contributed by atoms with Crippen LogP contribution in [0.1, 0.15) is 26.7 Å². The summed E-state index contributed by atoms with van der Waals surface area (Å²) >= 11 is 0. The summed E-state index contributed by atoms with van der Waals surface area (Å²) in [7, 11) is 0. The highest BCUT2D eigenvalue weighted by Crippen LogP contribution is 2.20. The molecule has 20 heavy (non-hydrogen) atoms. The molecule has 1 N–H and O–H groups in total. The van der Waals surface area contributed by atoms with Crippen molar-refractivity contribution in [3.05, 3.63) is 0 Å². The van der Waals surface area contributed by atoms with Crippen molar-refractivity contribution in [3.8, 4) is 0 Å². The third-order valence-corrected chi connectivity index (χ3v) is 3.66. The molecule has 2 rings (SSSR count). The van der Waals surface area contributed by atoms with Crippen LogP contribution in [0.2, 0.25) is 0 Å². The molecule has 2 unspecified atom stereocenters. The van der Waals surface area contributed by atoms with E-state index in [4.69, 9.17) is 9.47 Å². The highest BCUT2D eigenvalue weighted by Gasteiger charge is 2.34. The Kier molecular flexibility index (Phi) is 5.37. The summed E-state index contributed by atoms with van der Waals surface area (Å²) in [6, 6.07) is 0.0509. The van der Waals surface area contributed by atoms with Crippen LogP contribution >= 0.6 is 0 Å². The average Bonchev–Trinajstić information content (AvgIpc) is 3.23. The standard InChI is InChI=1S/C14H24N2O4/c1-3-20-14(18)10(2)8-16-6-7-19-9-12(16)13(17)15-11-4-5-11/h10-12H,3-9H2,1-2H3,(H,15,17). The molecule has 1 aliphatic carbocycles. The lowest BCUT2D eigenvalue weighted by atomic mass is 10.1. The second-order valence-corrected chi connectivity index (χ2v) is 5.52. The largest absolute Gasteiger partial charge is 0.466 e. The Morgan fingerprint density at radius 2 is 2.20 bits per heavy atom. The number of carbonyl (C=O) groups excluding carboxylic acids is 2. The van der Waals surface area contributed by atoms with Crippen LogP contribution in [0.3, 0.4) is 0 Å². The second-order valence-electron chi connectivity index (χ2n) is 5.52. The molecule has 6 nitrogen and oxygen atoms in total. The van der Waals surface area contributed by atoms with Crippen LogP contribution in [-0.2, 0) is 19.1 Å². The minimum Gasteiger partial charge on any atom is -0.466 e. The Labute approximate surface area is 119 Å². The lowest BCUT2D eigenvalue weighted by Crippen LogP contribution is -2.55. The molecule has 6 heteroatoms. The number of morpholine rings is 1. The van der Waals surface area contributed by atoms with Gasteiger partial charge in [0, 0.05) is 19.1 Å². The summed E-state index contributed by atoms with van der Waals surface area (Å²) in [5.74, 6) is -0.423. The van der Waals surface area contributed by atoms with Crippen molar-refractivity contribution < 1.29 is 19.1 Å². The fourth-order valence-corrected chi connectivity index (χ4v) is 2.33. The van der Waals surface area contributed by atoms with Gasteiger partial charge in [0.2, 0.25) is 5.91 Å². The molecule has 1 heterocycles. The van der Waals surface area contributed by atoms with Crippen LogP contribution < -0.4 is 5.32 Å². The zero-order valence-corrected chi connectivity index (χ0v) is 12.3. The van der Waals surface area contributed by atoms with Gasteiger partial charge in [0.1, 0.15) is 6.04 Å². The monoisotopic (exact) mass is 284 g/mol. The van der Waals surface area contributed by atoms with Crippen molar-refractivity contribution in [2.24, 2.45) is 5.92 Å². The first-order valence-electron chi connectivity index (χ1n) is 7.40. The number of ether oxygens (including phenoxy) is 2. The molecule has 1 amide bonds. The molecule has 1 saturated carbocycles. The number of hydrogen-bond acceptors (Lipinski definition) is 5. The highest BCUT2D eigenvalue weighted by molar-refractivity contribution is 5.82. The number of esters is 1. The minimum absolute atomic E-state index is 0.0169. The van der Waals surface area contributed by atoms with Crippen molar-refractivity contribution in [1.82, 2.24) is 10.2 Å². The molecule has 0 aromatic heterocycles. The van der Waals surface area contributed by atoms with Gasteiger partial charge in [-0.15, -0.1) is 0 Å². The summed E-state index contributed by atoms with van der Waals surface area (Å²) in [4.78, 5) is 25.9. The van der Waals surface area contributed by atoms with Gasteiger partial charge in [-0.3, -0.25) is 14.5 Å². The maximum atomic E-state index is 12.2. The first kappa shape index (κ1) is 15.3. The van der Waals surface area contributed by atoms with E-state index in [1.54, 1.807) is 6.92 Å². The van der Waals surface area contributed by atoms with Gasteiger partial charge in [-0.05, 0) is 19.8 Å². The van der Waals surface area contributed by atoms with Gasteiger partial charge >= 0.3 is 5.97 Å². The number of carbonyl (C=O) groups is 2. The molecule has 0 radical (unpaired) electrons. The van der Waals surface area contributed by atoms with Crippen LogP contribution in [0, 0.1) is 5.92 Å². The Bertz CT molecular complexity index is 357.